The number of methoxy groups -OCH3 is 1. The third-order valence-corrected chi connectivity index (χ3v) is 4.99. The van der Waals surface area contributed by atoms with Gasteiger partial charge in [-0.25, -0.2) is 0 Å². The lowest BCUT2D eigenvalue weighted by Gasteiger charge is -2.40. The van der Waals surface area contributed by atoms with Crippen molar-refractivity contribution in [2.45, 2.75) is 65.6 Å². The topological polar surface area (TPSA) is 53.6 Å². The molecule has 0 rings (SSSR count). The van der Waals surface area contributed by atoms with Gasteiger partial charge in [0.1, 0.15) is 0 Å². The Bertz CT molecular complexity index is 381. The fraction of sp³-hybridized carbons (Fsp3) is 0.842. The van der Waals surface area contributed by atoms with Crippen molar-refractivity contribution in [2.24, 2.45) is 11.8 Å². The number of ether oxygens (including phenoxy) is 1. The molecule has 0 aliphatic heterocycles. The standard InChI is InChI=1S/C19H39N3O2/c1-10-14(5)18(16(11-2)24-9)22(8)15(6)12-21-19(23)17(20-7)13(3)4/h13-14,16-18,20H,6,10-12H2,1-5,7-9H3,(H,21,23). The molecular formula is C19H39N3O2. The van der Waals surface area contributed by atoms with E-state index in [9.17, 15) is 4.79 Å². The van der Waals surface area contributed by atoms with E-state index < -0.39 is 0 Å². The van der Waals surface area contributed by atoms with Gasteiger partial charge >= 0.3 is 0 Å². The van der Waals surface area contributed by atoms with E-state index in [4.69, 9.17) is 4.74 Å². The Labute approximate surface area is 149 Å². The quantitative estimate of drug-likeness (QED) is 0.573. The van der Waals surface area contributed by atoms with Gasteiger partial charge in [0.25, 0.3) is 0 Å². The Morgan fingerprint density at radius 3 is 2.17 bits per heavy atom. The molecule has 142 valence electrons. The van der Waals surface area contributed by atoms with Crippen molar-refractivity contribution in [3.05, 3.63) is 12.3 Å². The van der Waals surface area contributed by atoms with Gasteiger partial charge in [0.15, 0.2) is 0 Å². The molecule has 2 N–H and O–H groups in total. The number of carbonyl (C=O) groups excluding carboxylic acids is 1. The molecule has 0 bridgehead atoms. The van der Waals surface area contributed by atoms with E-state index in [2.05, 4.69) is 42.9 Å². The van der Waals surface area contributed by atoms with Crippen molar-refractivity contribution in [2.75, 3.05) is 27.7 Å². The molecule has 0 radical (unpaired) electrons. The molecule has 5 heteroatoms. The number of amides is 1. The second-order valence-electron chi connectivity index (χ2n) is 6.96. The van der Waals surface area contributed by atoms with E-state index in [-0.39, 0.29) is 30.0 Å². The van der Waals surface area contributed by atoms with E-state index in [0.717, 1.165) is 18.5 Å². The molecule has 0 aromatic carbocycles. The highest BCUT2D eigenvalue weighted by Gasteiger charge is 2.29. The minimum Gasteiger partial charge on any atom is -0.379 e. The van der Waals surface area contributed by atoms with Crippen LogP contribution in [0.5, 0.6) is 0 Å². The SMILES string of the molecule is C=C(CNC(=O)C(NC)C(C)C)N(C)C(C(C)CC)C(CC)OC. The predicted octanol–water partition coefficient (Wildman–Crippen LogP) is 2.63. The van der Waals surface area contributed by atoms with Crippen LogP contribution in [0.3, 0.4) is 0 Å². The van der Waals surface area contributed by atoms with Crippen LogP contribution < -0.4 is 10.6 Å². The minimum atomic E-state index is -0.184. The summed E-state index contributed by atoms with van der Waals surface area (Å²) in [5.74, 6) is 0.737. The second kappa shape index (κ2) is 11.5. The summed E-state index contributed by atoms with van der Waals surface area (Å²) in [6.45, 7) is 15.3. The Morgan fingerprint density at radius 2 is 1.79 bits per heavy atom. The van der Waals surface area contributed by atoms with Crippen molar-refractivity contribution < 1.29 is 9.53 Å². The Balaban J connectivity index is 4.90. The molecule has 4 unspecified atom stereocenters. The third-order valence-electron chi connectivity index (χ3n) is 4.99. The van der Waals surface area contributed by atoms with Crippen molar-refractivity contribution in [1.29, 1.82) is 0 Å². The van der Waals surface area contributed by atoms with E-state index in [1.807, 2.05) is 27.9 Å². The van der Waals surface area contributed by atoms with Gasteiger partial charge < -0.3 is 20.3 Å². The molecule has 0 aromatic heterocycles. The molecule has 0 fully saturated rings. The lowest BCUT2D eigenvalue weighted by molar-refractivity contribution is -0.123. The summed E-state index contributed by atoms with van der Waals surface area (Å²) in [6.07, 6.45) is 2.17. The Morgan fingerprint density at radius 1 is 1.21 bits per heavy atom. The summed E-state index contributed by atoms with van der Waals surface area (Å²) in [5.41, 5.74) is 0.905. The van der Waals surface area contributed by atoms with E-state index in [1.54, 1.807) is 7.11 Å². The molecule has 1 amide bonds. The summed E-state index contributed by atoms with van der Waals surface area (Å²) in [4.78, 5) is 14.5. The van der Waals surface area contributed by atoms with Crippen molar-refractivity contribution in [1.82, 2.24) is 15.5 Å². The number of rotatable bonds is 12. The smallest absolute Gasteiger partial charge is 0.237 e. The monoisotopic (exact) mass is 341 g/mol. The average Bonchev–Trinajstić information content (AvgIpc) is 2.56. The van der Waals surface area contributed by atoms with E-state index in [1.165, 1.54) is 0 Å². The number of carbonyl (C=O) groups is 1. The summed E-state index contributed by atoms with van der Waals surface area (Å²) in [7, 11) is 5.63. The summed E-state index contributed by atoms with van der Waals surface area (Å²) in [6, 6.07) is 0.0652. The van der Waals surface area contributed by atoms with Crippen LogP contribution >= 0.6 is 0 Å². The highest BCUT2D eigenvalue weighted by atomic mass is 16.5. The van der Waals surface area contributed by atoms with E-state index >= 15 is 0 Å². The van der Waals surface area contributed by atoms with Gasteiger partial charge in [0.05, 0.1) is 24.7 Å². The zero-order valence-corrected chi connectivity index (χ0v) is 17.0. The van der Waals surface area contributed by atoms with Crippen molar-refractivity contribution in [3.8, 4) is 0 Å². The zero-order chi connectivity index (χ0) is 18.9. The van der Waals surface area contributed by atoms with Gasteiger partial charge in [0, 0.05) is 19.9 Å². The summed E-state index contributed by atoms with van der Waals surface area (Å²) < 4.78 is 5.69. The van der Waals surface area contributed by atoms with Gasteiger partial charge in [-0.1, -0.05) is 47.6 Å². The van der Waals surface area contributed by atoms with Crippen LogP contribution in [-0.4, -0.2) is 56.7 Å². The van der Waals surface area contributed by atoms with Crippen molar-refractivity contribution in [3.63, 3.8) is 0 Å². The number of nitrogens with zero attached hydrogens (tertiary/aromatic N) is 1. The first-order valence-electron chi connectivity index (χ1n) is 9.13. The molecule has 0 saturated heterocycles. The number of nitrogens with one attached hydrogen (secondary N) is 2. The van der Waals surface area contributed by atoms with Gasteiger partial charge in [-0.15, -0.1) is 0 Å². The maximum Gasteiger partial charge on any atom is 0.237 e. The molecule has 0 saturated carbocycles. The largest absolute Gasteiger partial charge is 0.379 e. The van der Waals surface area contributed by atoms with Crippen molar-refractivity contribution >= 4 is 5.91 Å². The normalized spacial score (nSPS) is 16.4. The molecule has 24 heavy (non-hydrogen) atoms. The first kappa shape index (κ1) is 22.9. The fourth-order valence-electron chi connectivity index (χ4n) is 3.19. The summed E-state index contributed by atoms with van der Waals surface area (Å²) >= 11 is 0. The number of hydrogen-bond donors (Lipinski definition) is 2. The lowest BCUT2D eigenvalue weighted by Crippen LogP contribution is -2.49. The van der Waals surface area contributed by atoms with Crippen LogP contribution in [0.2, 0.25) is 0 Å². The Kier molecular flexibility index (Phi) is 11.0. The first-order valence-corrected chi connectivity index (χ1v) is 9.13. The highest BCUT2D eigenvalue weighted by molar-refractivity contribution is 5.82. The molecule has 5 nitrogen and oxygen atoms in total. The van der Waals surface area contributed by atoms with Gasteiger partial charge in [0.2, 0.25) is 5.91 Å². The number of hydrogen-bond acceptors (Lipinski definition) is 4. The highest BCUT2D eigenvalue weighted by Crippen LogP contribution is 2.23. The average molecular weight is 342 g/mol. The van der Waals surface area contributed by atoms with Crippen LogP contribution in [0.1, 0.15) is 47.5 Å². The van der Waals surface area contributed by atoms with Crippen LogP contribution in [0.15, 0.2) is 12.3 Å². The first-order chi connectivity index (χ1) is 11.2. The van der Waals surface area contributed by atoms with E-state index in [0.29, 0.717) is 12.5 Å². The van der Waals surface area contributed by atoms with Gasteiger partial charge in [-0.05, 0) is 25.3 Å². The Hall–Kier alpha value is -1.07. The molecular weight excluding hydrogens is 302 g/mol. The third kappa shape index (κ3) is 6.44. The maximum atomic E-state index is 12.3. The molecule has 0 aliphatic carbocycles. The van der Waals surface area contributed by atoms with Gasteiger partial charge in [-0.2, -0.15) is 0 Å². The fourth-order valence-corrected chi connectivity index (χ4v) is 3.19. The molecule has 0 aliphatic rings. The zero-order valence-electron chi connectivity index (χ0n) is 17.0. The molecule has 0 heterocycles. The number of likely N-dealkylation sites (N-methyl/N-ethyl adjacent to an activating group) is 2. The maximum absolute atomic E-state index is 12.3. The summed E-state index contributed by atoms with van der Waals surface area (Å²) in [5, 5.41) is 6.06. The van der Waals surface area contributed by atoms with Crippen LogP contribution in [0, 0.1) is 11.8 Å². The van der Waals surface area contributed by atoms with Crippen LogP contribution in [-0.2, 0) is 9.53 Å². The molecule has 4 atom stereocenters. The predicted molar refractivity (Wildman–Crippen MR) is 102 cm³/mol. The van der Waals surface area contributed by atoms with Crippen LogP contribution in [0.25, 0.3) is 0 Å². The molecule has 0 spiro atoms. The lowest BCUT2D eigenvalue weighted by atomic mass is 9.91. The second-order valence-corrected chi connectivity index (χ2v) is 6.96. The minimum absolute atomic E-state index is 0.0147. The van der Waals surface area contributed by atoms with Crippen LogP contribution in [0.4, 0.5) is 0 Å². The molecule has 0 aromatic rings. The van der Waals surface area contributed by atoms with Gasteiger partial charge in [-0.3, -0.25) is 4.79 Å².